The first kappa shape index (κ1) is 11.0. The van der Waals surface area contributed by atoms with Gasteiger partial charge < -0.3 is 15.5 Å². The van der Waals surface area contributed by atoms with Gasteiger partial charge >= 0.3 is 0 Å². The molecule has 0 spiro atoms. The molecule has 0 saturated heterocycles. The van der Waals surface area contributed by atoms with E-state index in [1.54, 1.807) is 13.0 Å². The fraction of sp³-hybridized carbons (Fsp3) is 0.455. The molecule has 1 aromatic rings. The molecule has 0 amide bonds. The Hall–Kier alpha value is -1.06. The van der Waals surface area contributed by atoms with Crippen molar-refractivity contribution in [2.24, 2.45) is 0 Å². The monoisotopic (exact) mass is 195 g/mol. The SMILES string of the molecule is Cc1ccc(O)c(CNC[C@H](C)O)c1. The van der Waals surface area contributed by atoms with Crippen molar-refractivity contribution in [2.45, 2.75) is 26.5 Å². The Morgan fingerprint density at radius 3 is 2.79 bits per heavy atom. The molecule has 0 bridgehead atoms. The number of aromatic hydroxyl groups is 1. The molecule has 0 aliphatic carbocycles. The number of rotatable bonds is 4. The topological polar surface area (TPSA) is 52.5 Å². The number of benzene rings is 1. The van der Waals surface area contributed by atoms with E-state index in [1.165, 1.54) is 0 Å². The summed E-state index contributed by atoms with van der Waals surface area (Å²) in [4.78, 5) is 0. The van der Waals surface area contributed by atoms with Crippen molar-refractivity contribution in [3.8, 4) is 5.75 Å². The third-order valence-corrected chi connectivity index (χ3v) is 1.99. The average Bonchev–Trinajstić information content (AvgIpc) is 2.10. The third-order valence-electron chi connectivity index (χ3n) is 1.99. The van der Waals surface area contributed by atoms with Gasteiger partial charge in [0.25, 0.3) is 0 Å². The van der Waals surface area contributed by atoms with Gasteiger partial charge in [0, 0.05) is 18.7 Å². The van der Waals surface area contributed by atoms with Crippen LogP contribution < -0.4 is 5.32 Å². The first-order valence-electron chi connectivity index (χ1n) is 4.77. The molecule has 0 aliphatic heterocycles. The molecule has 0 aromatic heterocycles. The van der Waals surface area contributed by atoms with E-state index in [0.717, 1.165) is 11.1 Å². The highest BCUT2D eigenvalue weighted by Gasteiger charge is 2.01. The molecular weight excluding hydrogens is 178 g/mol. The standard InChI is InChI=1S/C11H17NO2/c1-8-3-4-11(14)10(5-8)7-12-6-9(2)13/h3-5,9,12-14H,6-7H2,1-2H3/t9-/m0/s1. The van der Waals surface area contributed by atoms with E-state index in [9.17, 15) is 5.11 Å². The Morgan fingerprint density at radius 1 is 1.43 bits per heavy atom. The number of hydrogen-bond acceptors (Lipinski definition) is 3. The number of aryl methyl sites for hydroxylation is 1. The van der Waals surface area contributed by atoms with Gasteiger partial charge in [-0.25, -0.2) is 0 Å². The summed E-state index contributed by atoms with van der Waals surface area (Å²) in [5, 5.41) is 21.6. The van der Waals surface area contributed by atoms with E-state index in [0.29, 0.717) is 18.8 Å². The second kappa shape index (κ2) is 4.98. The number of nitrogens with one attached hydrogen (secondary N) is 1. The lowest BCUT2D eigenvalue weighted by Crippen LogP contribution is -2.23. The minimum atomic E-state index is -0.359. The molecule has 1 aromatic carbocycles. The van der Waals surface area contributed by atoms with Crippen LogP contribution in [-0.2, 0) is 6.54 Å². The van der Waals surface area contributed by atoms with Gasteiger partial charge in [-0.3, -0.25) is 0 Å². The molecule has 3 nitrogen and oxygen atoms in total. The predicted octanol–water partition coefficient (Wildman–Crippen LogP) is 1.17. The van der Waals surface area contributed by atoms with Crippen LogP contribution in [0.2, 0.25) is 0 Å². The molecule has 0 saturated carbocycles. The lowest BCUT2D eigenvalue weighted by Gasteiger charge is -2.08. The average molecular weight is 195 g/mol. The Bertz CT molecular complexity index is 297. The Morgan fingerprint density at radius 2 is 2.14 bits per heavy atom. The molecule has 0 heterocycles. The maximum absolute atomic E-state index is 9.50. The molecule has 1 rings (SSSR count). The second-order valence-electron chi connectivity index (χ2n) is 3.61. The molecular formula is C11H17NO2. The molecule has 3 N–H and O–H groups in total. The van der Waals surface area contributed by atoms with Gasteiger partial charge in [-0.05, 0) is 19.9 Å². The van der Waals surface area contributed by atoms with Crippen molar-refractivity contribution in [1.29, 1.82) is 0 Å². The first-order valence-corrected chi connectivity index (χ1v) is 4.77. The highest BCUT2D eigenvalue weighted by Crippen LogP contribution is 2.17. The van der Waals surface area contributed by atoms with E-state index in [1.807, 2.05) is 19.1 Å². The van der Waals surface area contributed by atoms with Gasteiger partial charge in [-0.1, -0.05) is 17.7 Å². The van der Waals surface area contributed by atoms with Crippen LogP contribution in [0.1, 0.15) is 18.1 Å². The van der Waals surface area contributed by atoms with Crippen LogP contribution in [-0.4, -0.2) is 22.9 Å². The van der Waals surface area contributed by atoms with E-state index >= 15 is 0 Å². The second-order valence-corrected chi connectivity index (χ2v) is 3.61. The van der Waals surface area contributed by atoms with Crippen molar-refractivity contribution < 1.29 is 10.2 Å². The van der Waals surface area contributed by atoms with Crippen LogP contribution in [0.25, 0.3) is 0 Å². The minimum absolute atomic E-state index is 0.300. The Labute approximate surface area is 84.4 Å². The zero-order valence-corrected chi connectivity index (χ0v) is 8.62. The fourth-order valence-electron chi connectivity index (χ4n) is 1.27. The highest BCUT2D eigenvalue weighted by molar-refractivity contribution is 5.35. The van der Waals surface area contributed by atoms with Gasteiger partial charge in [-0.2, -0.15) is 0 Å². The number of hydrogen-bond donors (Lipinski definition) is 3. The van der Waals surface area contributed by atoms with E-state index in [2.05, 4.69) is 5.32 Å². The summed E-state index contributed by atoms with van der Waals surface area (Å²) < 4.78 is 0. The predicted molar refractivity (Wildman–Crippen MR) is 56.2 cm³/mol. The summed E-state index contributed by atoms with van der Waals surface area (Å²) in [7, 11) is 0. The molecule has 3 heteroatoms. The molecule has 14 heavy (non-hydrogen) atoms. The molecule has 1 atom stereocenters. The Balaban J connectivity index is 2.53. The fourth-order valence-corrected chi connectivity index (χ4v) is 1.27. The number of phenols is 1. The lowest BCUT2D eigenvalue weighted by molar-refractivity contribution is 0.191. The summed E-state index contributed by atoms with van der Waals surface area (Å²) in [6, 6.07) is 5.49. The summed E-state index contributed by atoms with van der Waals surface area (Å²) in [6.07, 6.45) is -0.359. The van der Waals surface area contributed by atoms with Gasteiger partial charge in [0.05, 0.1) is 6.10 Å². The summed E-state index contributed by atoms with van der Waals surface area (Å²) in [5.74, 6) is 0.300. The van der Waals surface area contributed by atoms with Crippen molar-refractivity contribution in [3.63, 3.8) is 0 Å². The maximum Gasteiger partial charge on any atom is 0.120 e. The maximum atomic E-state index is 9.50. The Kier molecular flexibility index (Phi) is 3.92. The lowest BCUT2D eigenvalue weighted by atomic mass is 10.1. The van der Waals surface area contributed by atoms with E-state index < -0.39 is 0 Å². The van der Waals surface area contributed by atoms with Crippen molar-refractivity contribution in [1.82, 2.24) is 5.32 Å². The van der Waals surface area contributed by atoms with Crippen LogP contribution in [0.15, 0.2) is 18.2 Å². The number of phenolic OH excluding ortho intramolecular Hbond substituents is 1. The number of aliphatic hydroxyl groups excluding tert-OH is 1. The van der Waals surface area contributed by atoms with Gasteiger partial charge in [0.2, 0.25) is 0 Å². The van der Waals surface area contributed by atoms with E-state index in [-0.39, 0.29) is 6.10 Å². The number of aliphatic hydroxyl groups is 1. The van der Waals surface area contributed by atoms with Crippen LogP contribution >= 0.6 is 0 Å². The molecule has 0 radical (unpaired) electrons. The van der Waals surface area contributed by atoms with Crippen LogP contribution in [0.4, 0.5) is 0 Å². The van der Waals surface area contributed by atoms with Crippen LogP contribution in [0.5, 0.6) is 5.75 Å². The normalized spacial score (nSPS) is 12.8. The zero-order chi connectivity index (χ0) is 10.6. The van der Waals surface area contributed by atoms with E-state index in [4.69, 9.17) is 5.11 Å². The van der Waals surface area contributed by atoms with Crippen LogP contribution in [0, 0.1) is 6.92 Å². The van der Waals surface area contributed by atoms with Crippen LogP contribution in [0.3, 0.4) is 0 Å². The van der Waals surface area contributed by atoms with Crippen molar-refractivity contribution >= 4 is 0 Å². The summed E-state index contributed by atoms with van der Waals surface area (Å²) >= 11 is 0. The summed E-state index contributed by atoms with van der Waals surface area (Å²) in [6.45, 7) is 4.83. The quantitative estimate of drug-likeness (QED) is 0.676. The molecule has 0 unspecified atom stereocenters. The van der Waals surface area contributed by atoms with Gasteiger partial charge in [0.1, 0.15) is 5.75 Å². The zero-order valence-electron chi connectivity index (χ0n) is 8.62. The highest BCUT2D eigenvalue weighted by atomic mass is 16.3. The van der Waals surface area contributed by atoms with Gasteiger partial charge in [0.15, 0.2) is 0 Å². The first-order chi connectivity index (χ1) is 6.59. The largest absolute Gasteiger partial charge is 0.508 e. The smallest absolute Gasteiger partial charge is 0.120 e. The molecule has 78 valence electrons. The third kappa shape index (κ3) is 3.36. The van der Waals surface area contributed by atoms with Crippen molar-refractivity contribution in [2.75, 3.05) is 6.54 Å². The molecule has 0 fully saturated rings. The van der Waals surface area contributed by atoms with Gasteiger partial charge in [-0.15, -0.1) is 0 Å². The van der Waals surface area contributed by atoms with Crippen molar-refractivity contribution in [3.05, 3.63) is 29.3 Å². The molecule has 0 aliphatic rings. The summed E-state index contributed by atoms with van der Waals surface area (Å²) in [5.41, 5.74) is 1.99. The minimum Gasteiger partial charge on any atom is -0.508 e.